The van der Waals surface area contributed by atoms with E-state index in [9.17, 15) is 4.79 Å². The van der Waals surface area contributed by atoms with E-state index in [1.54, 1.807) is 0 Å². The molecule has 1 N–H and O–H groups in total. The minimum absolute atomic E-state index is 0.134. The van der Waals surface area contributed by atoms with Gasteiger partial charge in [0.05, 0.1) is 5.92 Å². The number of rotatable bonds is 2. The summed E-state index contributed by atoms with van der Waals surface area (Å²) >= 11 is 0. The van der Waals surface area contributed by atoms with E-state index in [0.29, 0.717) is 0 Å². The first kappa shape index (κ1) is 8.31. The van der Waals surface area contributed by atoms with Crippen LogP contribution in [-0.2, 0) is 4.79 Å². The highest BCUT2D eigenvalue weighted by molar-refractivity contribution is 5.70. The average Bonchev–Trinajstić information content (AvgIpc) is 2.04. The van der Waals surface area contributed by atoms with Crippen LogP contribution in [0.25, 0.3) is 0 Å². The normalized spacial score (nSPS) is 30.3. The van der Waals surface area contributed by atoms with Crippen LogP contribution in [0.4, 0.5) is 0 Å². The first-order chi connectivity index (χ1) is 5.25. The maximum Gasteiger partial charge on any atom is 0.307 e. The second-order valence-corrected chi connectivity index (χ2v) is 3.02. The molecular weight excluding hydrogens is 140 g/mol. The number of allylic oxidation sites excluding steroid dienone is 2. The summed E-state index contributed by atoms with van der Waals surface area (Å²) in [5.41, 5.74) is 0. The number of hydrogen-bond acceptors (Lipinski definition) is 1. The molecule has 0 saturated carbocycles. The molecule has 0 fully saturated rings. The SMILES string of the molecule is CCC1C=CCCC1C(=O)O. The predicted molar refractivity (Wildman–Crippen MR) is 43.3 cm³/mol. The Balaban J connectivity index is 2.63. The molecule has 0 amide bonds. The van der Waals surface area contributed by atoms with Crippen LogP contribution in [0.3, 0.4) is 0 Å². The summed E-state index contributed by atoms with van der Waals surface area (Å²) in [6.07, 6.45) is 6.81. The molecule has 0 aliphatic heterocycles. The first-order valence-electron chi connectivity index (χ1n) is 4.15. The van der Waals surface area contributed by atoms with Crippen LogP contribution in [-0.4, -0.2) is 11.1 Å². The summed E-state index contributed by atoms with van der Waals surface area (Å²) in [7, 11) is 0. The van der Waals surface area contributed by atoms with E-state index < -0.39 is 5.97 Å². The van der Waals surface area contributed by atoms with E-state index in [1.807, 2.05) is 13.0 Å². The fourth-order valence-corrected chi connectivity index (χ4v) is 1.62. The minimum atomic E-state index is -0.638. The monoisotopic (exact) mass is 154 g/mol. The number of hydrogen-bond donors (Lipinski definition) is 1. The van der Waals surface area contributed by atoms with Crippen molar-refractivity contribution in [3.05, 3.63) is 12.2 Å². The van der Waals surface area contributed by atoms with Gasteiger partial charge in [0.2, 0.25) is 0 Å². The van der Waals surface area contributed by atoms with E-state index in [4.69, 9.17) is 5.11 Å². The van der Waals surface area contributed by atoms with Crippen molar-refractivity contribution in [3.63, 3.8) is 0 Å². The third-order valence-electron chi connectivity index (χ3n) is 2.33. The van der Waals surface area contributed by atoms with E-state index in [0.717, 1.165) is 19.3 Å². The second-order valence-electron chi connectivity index (χ2n) is 3.02. The van der Waals surface area contributed by atoms with Crippen LogP contribution >= 0.6 is 0 Å². The topological polar surface area (TPSA) is 37.3 Å². The third kappa shape index (κ3) is 1.82. The molecule has 62 valence electrons. The predicted octanol–water partition coefficient (Wildman–Crippen LogP) is 2.06. The van der Waals surface area contributed by atoms with Crippen molar-refractivity contribution in [1.82, 2.24) is 0 Å². The molecule has 2 nitrogen and oxygen atoms in total. The Labute approximate surface area is 66.9 Å². The van der Waals surface area contributed by atoms with Crippen molar-refractivity contribution in [1.29, 1.82) is 0 Å². The van der Waals surface area contributed by atoms with Gasteiger partial charge in [-0.1, -0.05) is 19.1 Å². The van der Waals surface area contributed by atoms with Gasteiger partial charge in [-0.2, -0.15) is 0 Å². The molecule has 2 heteroatoms. The molecule has 0 spiro atoms. The standard InChI is InChI=1S/C9H14O2/c1-2-7-5-3-4-6-8(7)9(10)11/h3,5,7-8H,2,4,6H2,1H3,(H,10,11). The molecule has 0 aromatic rings. The molecule has 0 aromatic heterocycles. The van der Waals surface area contributed by atoms with E-state index in [-0.39, 0.29) is 11.8 Å². The van der Waals surface area contributed by atoms with Crippen LogP contribution in [0.5, 0.6) is 0 Å². The second kappa shape index (κ2) is 3.56. The molecule has 2 atom stereocenters. The molecule has 1 rings (SSSR count). The van der Waals surface area contributed by atoms with Gasteiger partial charge in [0.1, 0.15) is 0 Å². The van der Waals surface area contributed by atoms with Gasteiger partial charge in [-0.25, -0.2) is 0 Å². The quantitative estimate of drug-likeness (QED) is 0.618. The maximum absolute atomic E-state index is 10.7. The molecule has 0 saturated heterocycles. The molecule has 1 aliphatic rings. The Hall–Kier alpha value is -0.790. The van der Waals surface area contributed by atoms with E-state index in [2.05, 4.69) is 6.08 Å². The zero-order chi connectivity index (χ0) is 8.27. The lowest BCUT2D eigenvalue weighted by Gasteiger charge is -2.22. The van der Waals surface area contributed by atoms with Crippen LogP contribution < -0.4 is 0 Å². The van der Waals surface area contributed by atoms with Gasteiger partial charge >= 0.3 is 5.97 Å². The lowest BCUT2D eigenvalue weighted by molar-refractivity contribution is -0.143. The molecule has 2 unspecified atom stereocenters. The number of aliphatic carboxylic acids is 1. The smallest absolute Gasteiger partial charge is 0.307 e. The summed E-state index contributed by atoms with van der Waals surface area (Å²) in [4.78, 5) is 10.7. The van der Waals surface area contributed by atoms with Gasteiger partial charge in [-0.3, -0.25) is 4.79 Å². The maximum atomic E-state index is 10.7. The van der Waals surface area contributed by atoms with Crippen molar-refractivity contribution in [3.8, 4) is 0 Å². The van der Waals surface area contributed by atoms with Crippen LogP contribution in [0, 0.1) is 11.8 Å². The Morgan fingerprint density at radius 2 is 2.45 bits per heavy atom. The number of carboxylic acid groups (broad SMARTS) is 1. The van der Waals surface area contributed by atoms with Gasteiger partial charge in [0, 0.05) is 0 Å². The molecular formula is C9H14O2. The Kier molecular flexibility index (Phi) is 2.69. The van der Waals surface area contributed by atoms with Crippen LogP contribution in [0.15, 0.2) is 12.2 Å². The summed E-state index contributed by atoms with van der Waals surface area (Å²) < 4.78 is 0. The summed E-state index contributed by atoms with van der Waals surface area (Å²) in [5, 5.41) is 8.81. The van der Waals surface area contributed by atoms with Crippen molar-refractivity contribution in [2.24, 2.45) is 11.8 Å². The fraction of sp³-hybridized carbons (Fsp3) is 0.667. The molecule has 0 radical (unpaired) electrons. The molecule has 11 heavy (non-hydrogen) atoms. The lowest BCUT2D eigenvalue weighted by Crippen LogP contribution is -2.23. The van der Waals surface area contributed by atoms with Crippen LogP contribution in [0.1, 0.15) is 26.2 Å². The largest absolute Gasteiger partial charge is 0.481 e. The summed E-state index contributed by atoms with van der Waals surface area (Å²) in [6, 6.07) is 0. The van der Waals surface area contributed by atoms with Crippen molar-refractivity contribution in [2.75, 3.05) is 0 Å². The van der Waals surface area contributed by atoms with Crippen molar-refractivity contribution in [2.45, 2.75) is 26.2 Å². The lowest BCUT2D eigenvalue weighted by atomic mass is 9.82. The fourth-order valence-electron chi connectivity index (χ4n) is 1.62. The Bertz CT molecular complexity index is 172. The van der Waals surface area contributed by atoms with Gasteiger partial charge in [-0.05, 0) is 25.2 Å². The van der Waals surface area contributed by atoms with E-state index in [1.165, 1.54) is 0 Å². The Morgan fingerprint density at radius 3 is 2.91 bits per heavy atom. The zero-order valence-corrected chi connectivity index (χ0v) is 6.79. The zero-order valence-electron chi connectivity index (χ0n) is 6.79. The minimum Gasteiger partial charge on any atom is -0.481 e. The third-order valence-corrected chi connectivity index (χ3v) is 2.33. The molecule has 0 bridgehead atoms. The van der Waals surface area contributed by atoms with Gasteiger partial charge in [0.15, 0.2) is 0 Å². The van der Waals surface area contributed by atoms with Gasteiger partial charge < -0.3 is 5.11 Å². The summed E-state index contributed by atoms with van der Waals surface area (Å²) in [5.74, 6) is -0.507. The summed E-state index contributed by atoms with van der Waals surface area (Å²) in [6.45, 7) is 2.04. The highest BCUT2D eigenvalue weighted by atomic mass is 16.4. The van der Waals surface area contributed by atoms with E-state index >= 15 is 0 Å². The van der Waals surface area contributed by atoms with Crippen LogP contribution in [0.2, 0.25) is 0 Å². The van der Waals surface area contributed by atoms with Crippen molar-refractivity contribution >= 4 is 5.97 Å². The molecule has 0 heterocycles. The number of carboxylic acids is 1. The Morgan fingerprint density at radius 1 is 1.73 bits per heavy atom. The van der Waals surface area contributed by atoms with Gasteiger partial charge in [-0.15, -0.1) is 0 Å². The number of carbonyl (C=O) groups is 1. The average molecular weight is 154 g/mol. The highest BCUT2D eigenvalue weighted by Crippen LogP contribution is 2.26. The first-order valence-corrected chi connectivity index (χ1v) is 4.15. The molecule has 1 aliphatic carbocycles. The molecule has 0 aromatic carbocycles. The highest BCUT2D eigenvalue weighted by Gasteiger charge is 2.25. The van der Waals surface area contributed by atoms with Gasteiger partial charge in [0.25, 0.3) is 0 Å². The van der Waals surface area contributed by atoms with Crippen molar-refractivity contribution < 1.29 is 9.90 Å².